The van der Waals surface area contributed by atoms with Crippen LogP contribution in [0.2, 0.25) is 0 Å². The third-order valence-corrected chi connectivity index (χ3v) is 3.20. The van der Waals surface area contributed by atoms with E-state index in [9.17, 15) is 9.59 Å². The van der Waals surface area contributed by atoms with Crippen LogP contribution in [0.25, 0.3) is 0 Å². The summed E-state index contributed by atoms with van der Waals surface area (Å²) in [6.07, 6.45) is 3.06. The van der Waals surface area contributed by atoms with Crippen molar-refractivity contribution >= 4 is 17.6 Å². The molecule has 0 fully saturated rings. The smallest absolute Gasteiger partial charge is 0.303 e. The van der Waals surface area contributed by atoms with Gasteiger partial charge in [0, 0.05) is 18.5 Å². The van der Waals surface area contributed by atoms with Gasteiger partial charge in [-0.25, -0.2) is 0 Å². The molecule has 0 heterocycles. The van der Waals surface area contributed by atoms with Gasteiger partial charge < -0.3 is 10.4 Å². The summed E-state index contributed by atoms with van der Waals surface area (Å²) in [5.41, 5.74) is 1.98. The minimum Gasteiger partial charge on any atom is -0.481 e. The second-order valence-electron chi connectivity index (χ2n) is 6.55. The molecule has 0 spiro atoms. The fourth-order valence-corrected chi connectivity index (χ4v) is 2.01. The van der Waals surface area contributed by atoms with Crippen LogP contribution in [0.4, 0.5) is 5.69 Å². The van der Waals surface area contributed by atoms with Crippen molar-refractivity contribution in [2.45, 2.75) is 52.9 Å². The van der Waals surface area contributed by atoms with Crippen LogP contribution in [-0.2, 0) is 16.0 Å². The highest BCUT2D eigenvalue weighted by Crippen LogP contribution is 2.21. The number of aliphatic carboxylic acids is 1. The fraction of sp³-hybridized carbons (Fsp3) is 0.529. The lowest BCUT2D eigenvalue weighted by molar-refractivity contribution is -0.137. The Bertz CT molecular complexity index is 472. The van der Waals surface area contributed by atoms with Crippen molar-refractivity contribution in [1.29, 1.82) is 0 Å². The number of anilines is 1. The molecule has 2 N–H and O–H groups in total. The molecule has 116 valence electrons. The maximum atomic E-state index is 11.8. The summed E-state index contributed by atoms with van der Waals surface area (Å²) in [7, 11) is 0. The first-order chi connectivity index (χ1) is 9.76. The number of carboxylic acid groups (broad SMARTS) is 1. The van der Waals surface area contributed by atoms with Crippen molar-refractivity contribution in [3.8, 4) is 0 Å². The van der Waals surface area contributed by atoms with Gasteiger partial charge in [-0.2, -0.15) is 0 Å². The molecular formula is C17H25NO3. The Hall–Kier alpha value is -1.84. The van der Waals surface area contributed by atoms with Gasteiger partial charge in [-0.05, 0) is 42.4 Å². The summed E-state index contributed by atoms with van der Waals surface area (Å²) in [6.45, 7) is 6.50. The van der Waals surface area contributed by atoms with E-state index in [1.807, 2.05) is 24.3 Å². The molecule has 0 aliphatic heterocycles. The van der Waals surface area contributed by atoms with Gasteiger partial charge in [0.2, 0.25) is 5.91 Å². The molecule has 0 unspecified atom stereocenters. The highest BCUT2D eigenvalue weighted by atomic mass is 16.4. The number of benzene rings is 1. The minimum absolute atomic E-state index is 0.0255. The summed E-state index contributed by atoms with van der Waals surface area (Å²) < 4.78 is 0. The number of nitrogens with one attached hydrogen (secondary N) is 1. The normalized spacial score (nSPS) is 11.2. The van der Waals surface area contributed by atoms with E-state index in [1.165, 1.54) is 0 Å². The number of carbonyl (C=O) groups excluding carboxylic acids is 1. The van der Waals surface area contributed by atoms with Crippen molar-refractivity contribution in [2.24, 2.45) is 5.41 Å². The van der Waals surface area contributed by atoms with E-state index in [-0.39, 0.29) is 17.7 Å². The topological polar surface area (TPSA) is 66.4 Å². The predicted octanol–water partition coefficient (Wildman–Crippen LogP) is 3.86. The lowest BCUT2D eigenvalue weighted by atomic mass is 9.90. The van der Waals surface area contributed by atoms with Gasteiger partial charge >= 0.3 is 5.97 Å². The molecule has 4 nitrogen and oxygen atoms in total. The van der Waals surface area contributed by atoms with Crippen molar-refractivity contribution in [3.05, 3.63) is 29.8 Å². The molecule has 0 bridgehead atoms. The molecule has 1 amide bonds. The first kappa shape index (κ1) is 17.2. The molecule has 1 aromatic rings. The van der Waals surface area contributed by atoms with Crippen molar-refractivity contribution in [2.75, 3.05) is 5.32 Å². The summed E-state index contributed by atoms with van der Waals surface area (Å²) in [4.78, 5) is 22.3. The van der Waals surface area contributed by atoms with Gasteiger partial charge in [0.05, 0.1) is 0 Å². The number of rotatable bonds is 7. The number of aryl methyl sites for hydroxylation is 1. The molecule has 0 radical (unpaired) electrons. The Morgan fingerprint density at radius 2 is 1.71 bits per heavy atom. The Balaban J connectivity index is 2.37. The molecule has 0 aliphatic carbocycles. The highest BCUT2D eigenvalue weighted by molar-refractivity contribution is 5.90. The van der Waals surface area contributed by atoms with E-state index in [4.69, 9.17) is 5.11 Å². The summed E-state index contributed by atoms with van der Waals surface area (Å²) in [5, 5.41) is 11.5. The van der Waals surface area contributed by atoms with Gasteiger partial charge in [-0.1, -0.05) is 32.9 Å². The Morgan fingerprint density at radius 1 is 1.10 bits per heavy atom. The van der Waals surface area contributed by atoms with Crippen LogP contribution in [0.15, 0.2) is 24.3 Å². The second kappa shape index (κ2) is 7.81. The first-order valence-corrected chi connectivity index (χ1v) is 7.37. The van der Waals surface area contributed by atoms with Gasteiger partial charge in [0.25, 0.3) is 0 Å². The van der Waals surface area contributed by atoms with Crippen molar-refractivity contribution in [1.82, 2.24) is 0 Å². The van der Waals surface area contributed by atoms with Gasteiger partial charge in [0.15, 0.2) is 0 Å². The second-order valence-corrected chi connectivity index (χ2v) is 6.55. The van der Waals surface area contributed by atoms with Crippen LogP contribution in [-0.4, -0.2) is 17.0 Å². The quantitative estimate of drug-likeness (QED) is 0.801. The van der Waals surface area contributed by atoms with Crippen molar-refractivity contribution in [3.63, 3.8) is 0 Å². The zero-order valence-electron chi connectivity index (χ0n) is 13.1. The Morgan fingerprint density at radius 3 is 2.24 bits per heavy atom. The largest absolute Gasteiger partial charge is 0.481 e. The number of amides is 1. The standard InChI is InChI=1S/C17H25NO3/c1-17(2,3)12-4-5-15(19)18-14-9-6-13(7-10-14)8-11-16(20)21/h6-7,9-10H,4-5,8,11-12H2,1-3H3,(H,18,19)(H,20,21). The van der Waals surface area contributed by atoms with E-state index in [2.05, 4.69) is 26.1 Å². The van der Waals surface area contributed by atoms with E-state index in [0.29, 0.717) is 12.8 Å². The molecule has 4 heteroatoms. The first-order valence-electron chi connectivity index (χ1n) is 7.37. The molecule has 0 atom stereocenters. The number of carbonyl (C=O) groups is 2. The Kier molecular flexibility index (Phi) is 6.40. The highest BCUT2D eigenvalue weighted by Gasteiger charge is 2.11. The minimum atomic E-state index is -0.800. The fourth-order valence-electron chi connectivity index (χ4n) is 2.01. The number of hydrogen-bond donors (Lipinski definition) is 2. The lowest BCUT2D eigenvalue weighted by Gasteiger charge is -2.17. The molecular weight excluding hydrogens is 266 g/mol. The average molecular weight is 291 g/mol. The van der Waals surface area contributed by atoms with Gasteiger partial charge in [0.1, 0.15) is 0 Å². The number of carboxylic acids is 1. The summed E-state index contributed by atoms with van der Waals surface area (Å²) in [5.74, 6) is -0.774. The van der Waals surface area contributed by atoms with Crippen LogP contribution in [0.3, 0.4) is 0 Å². The van der Waals surface area contributed by atoms with Crippen LogP contribution in [0, 0.1) is 5.41 Å². The predicted molar refractivity (Wildman–Crippen MR) is 84.3 cm³/mol. The van der Waals surface area contributed by atoms with Crippen molar-refractivity contribution < 1.29 is 14.7 Å². The molecule has 0 aliphatic rings. The summed E-state index contributed by atoms with van der Waals surface area (Å²) in [6, 6.07) is 7.35. The van der Waals surface area contributed by atoms with E-state index in [1.54, 1.807) is 0 Å². The third-order valence-electron chi connectivity index (χ3n) is 3.20. The zero-order valence-corrected chi connectivity index (χ0v) is 13.1. The van der Waals surface area contributed by atoms with E-state index >= 15 is 0 Å². The zero-order chi connectivity index (χ0) is 15.9. The molecule has 0 aromatic heterocycles. The number of hydrogen-bond acceptors (Lipinski definition) is 2. The lowest BCUT2D eigenvalue weighted by Crippen LogP contribution is -2.13. The maximum absolute atomic E-state index is 11.8. The monoisotopic (exact) mass is 291 g/mol. The van der Waals surface area contributed by atoms with Gasteiger partial charge in [-0.15, -0.1) is 0 Å². The molecule has 21 heavy (non-hydrogen) atoms. The third kappa shape index (κ3) is 8.12. The molecule has 1 aromatic carbocycles. The maximum Gasteiger partial charge on any atom is 0.303 e. The summed E-state index contributed by atoms with van der Waals surface area (Å²) >= 11 is 0. The Labute approximate surface area is 126 Å². The van der Waals surface area contributed by atoms with Crippen LogP contribution in [0.5, 0.6) is 0 Å². The van der Waals surface area contributed by atoms with E-state index < -0.39 is 5.97 Å². The van der Waals surface area contributed by atoms with E-state index in [0.717, 1.165) is 24.1 Å². The molecule has 1 rings (SSSR count). The molecule has 0 saturated heterocycles. The van der Waals surface area contributed by atoms with Gasteiger partial charge in [-0.3, -0.25) is 9.59 Å². The van der Waals surface area contributed by atoms with Crippen LogP contribution < -0.4 is 5.32 Å². The molecule has 0 saturated carbocycles. The SMILES string of the molecule is CC(C)(C)CCCC(=O)Nc1ccc(CCC(=O)O)cc1. The van der Waals surface area contributed by atoms with Crippen LogP contribution in [0.1, 0.15) is 52.0 Å². The average Bonchev–Trinajstić information content (AvgIpc) is 2.36. The van der Waals surface area contributed by atoms with Crippen LogP contribution >= 0.6 is 0 Å².